The molecular weight excluding hydrogens is 644 g/mol. The second-order valence-corrected chi connectivity index (χ2v) is 13.3. The molecule has 0 atom stereocenters. The van der Waals surface area contributed by atoms with E-state index in [4.69, 9.17) is 39.6 Å². The van der Waals surface area contributed by atoms with Crippen LogP contribution in [0.1, 0.15) is 79.1 Å². The fraction of sp³-hybridized carbons (Fsp3) is 0.875. The zero-order chi connectivity index (χ0) is 38.5. The monoisotopic (exact) mass is 708 g/mol. The van der Waals surface area contributed by atoms with Crippen LogP contribution in [0, 0.1) is 0 Å². The third-order valence-corrected chi connectivity index (χ3v) is 9.64. The van der Waals surface area contributed by atoms with Crippen molar-refractivity contribution >= 4 is 24.9 Å². The largest absolute Gasteiger partial charge is 0.520 e. The number of carbonyl (C=O) groups is 4. The molecule has 4 heterocycles. The van der Waals surface area contributed by atoms with Gasteiger partial charge in [-0.25, -0.2) is 0 Å². The van der Waals surface area contributed by atoms with Crippen molar-refractivity contribution in [1.29, 1.82) is 0 Å². The van der Waals surface area contributed by atoms with Crippen LogP contribution in [0.25, 0.3) is 0 Å². The highest BCUT2D eigenvalue weighted by Crippen LogP contribution is 2.16. The summed E-state index contributed by atoms with van der Waals surface area (Å²) in [5.41, 5.74) is 0. The molecule has 4 rings (SSSR count). The fourth-order valence-electron chi connectivity index (χ4n) is 5.66. The van der Waals surface area contributed by atoms with Crippen LogP contribution >= 0.6 is 0 Å². The zero-order valence-electron chi connectivity index (χ0n) is 30.7. The maximum Gasteiger partial charge on any atom is 0.228 e. The van der Waals surface area contributed by atoms with E-state index in [-0.39, 0.29) is 0 Å². The number of hydrogen-bond donors (Lipinski definition) is 0. The molecule has 0 aromatic carbocycles. The van der Waals surface area contributed by atoms with Gasteiger partial charge in [-0.2, -0.15) is 17.6 Å². The Balaban J connectivity index is -0.000000236. The van der Waals surface area contributed by atoms with E-state index >= 15 is 0 Å². The summed E-state index contributed by atoms with van der Waals surface area (Å²) < 4.78 is 44.5. The topological polar surface area (TPSA) is 161 Å². The lowest BCUT2D eigenvalue weighted by atomic mass is 10.4. The summed E-state index contributed by atoms with van der Waals surface area (Å²) in [6.45, 7) is 25.7. The molecule has 12 nitrogen and oxygen atoms in total. The molecule has 4 saturated heterocycles. The molecule has 0 N–H and O–H groups in total. The first kappa shape index (κ1) is 52.3. The van der Waals surface area contributed by atoms with Crippen LogP contribution in [-0.4, -0.2) is 150 Å². The van der Waals surface area contributed by atoms with Gasteiger partial charge in [0.05, 0.1) is 107 Å². The minimum Gasteiger partial charge on any atom is -0.520 e. The molecule has 0 aromatic rings. The van der Waals surface area contributed by atoms with Gasteiger partial charge in [0, 0.05) is 51.4 Å². The van der Waals surface area contributed by atoms with Crippen LogP contribution in [0.5, 0.6) is 0 Å². The molecule has 0 aliphatic carbocycles. The van der Waals surface area contributed by atoms with E-state index in [9.17, 15) is 17.6 Å². The molecule has 0 saturated carbocycles. The Kier molecular flexibility index (Phi) is 32.0. The summed E-state index contributed by atoms with van der Waals surface area (Å²) in [5, 5.41) is 32.9. The number of hydrogen-bond acceptors (Lipinski definition) is 8. The van der Waals surface area contributed by atoms with Crippen molar-refractivity contribution in [3.63, 3.8) is 0 Å². The number of nitrogens with zero attached hydrogens (tertiary/aromatic N) is 4. The molecule has 4 fully saturated rings. The first-order valence-electron chi connectivity index (χ1n) is 16.8. The second kappa shape index (κ2) is 29.4. The van der Waals surface area contributed by atoms with Gasteiger partial charge < -0.3 is 57.5 Å². The average Bonchev–Trinajstić information content (AvgIpc) is 3.79. The number of halogens is 4. The molecule has 0 bridgehead atoms. The predicted molar refractivity (Wildman–Crippen MR) is 169 cm³/mol. The van der Waals surface area contributed by atoms with E-state index in [0.717, 1.165) is 0 Å². The van der Waals surface area contributed by atoms with Crippen LogP contribution in [0.2, 0.25) is 0 Å². The van der Waals surface area contributed by atoms with Gasteiger partial charge in [-0.05, 0) is 27.7 Å². The molecule has 288 valence electrons. The third kappa shape index (κ3) is 37.9. The SMILES string of the molecule is CC[N+]1(C)CCCC1.CC[N+]1(C)CCCC1.CC[N+]1(C)CCCC1.CC[N+]1(C)CCCC1.O=C([O-])F.O=C([O-])F.O=C([O-])F.O=C([O-])F. The van der Waals surface area contributed by atoms with Gasteiger partial charge in [0.25, 0.3) is 0 Å². The molecule has 4 aliphatic heterocycles. The maximum absolute atomic E-state index is 9.81. The minimum atomic E-state index is -2.58. The Labute approximate surface area is 285 Å². The van der Waals surface area contributed by atoms with Crippen molar-refractivity contribution in [3.05, 3.63) is 0 Å². The molecule has 4 aliphatic rings. The van der Waals surface area contributed by atoms with E-state index in [1.807, 2.05) is 0 Å². The highest BCUT2D eigenvalue weighted by molar-refractivity contribution is 5.52. The van der Waals surface area contributed by atoms with Crippen LogP contribution in [0.4, 0.5) is 36.7 Å². The lowest BCUT2D eigenvalue weighted by Crippen LogP contribution is -2.40. The zero-order valence-corrected chi connectivity index (χ0v) is 30.7. The maximum atomic E-state index is 9.81. The third-order valence-electron chi connectivity index (χ3n) is 9.64. The predicted octanol–water partition coefficient (Wildman–Crippen LogP) is 2.18. The van der Waals surface area contributed by atoms with Crippen LogP contribution in [0.3, 0.4) is 0 Å². The summed E-state index contributed by atoms with van der Waals surface area (Å²) in [6, 6.07) is 0. The second-order valence-electron chi connectivity index (χ2n) is 13.3. The number of rotatable bonds is 4. The van der Waals surface area contributed by atoms with E-state index < -0.39 is 24.9 Å². The molecule has 0 radical (unpaired) electrons. The number of likely N-dealkylation sites (tertiary alicyclic amines) is 4. The van der Waals surface area contributed by atoms with E-state index in [2.05, 4.69) is 55.9 Å². The van der Waals surface area contributed by atoms with Crippen molar-refractivity contribution in [1.82, 2.24) is 0 Å². The quantitative estimate of drug-likeness (QED) is 0.244. The van der Waals surface area contributed by atoms with Gasteiger partial charge in [-0.3, -0.25) is 0 Å². The Bertz CT molecular complexity index is 696. The minimum absolute atomic E-state index is 1.32. The number of carbonyl (C=O) groups excluding carboxylic acids is 4. The molecule has 48 heavy (non-hydrogen) atoms. The lowest BCUT2D eigenvalue weighted by molar-refractivity contribution is -0.895. The first-order valence-corrected chi connectivity index (χ1v) is 16.8. The molecule has 0 spiro atoms. The number of quaternary nitrogens is 4. The standard InChI is InChI=1S/4C7H16N.4CHFO2/c4*1-3-8(2)6-4-5-7-8;4*2-1(3)4/h4*3-7H2,1-2H3;4*(H,3,4)/q4*+1;;;;/p-4. The van der Waals surface area contributed by atoms with Crippen LogP contribution in [0.15, 0.2) is 0 Å². The summed E-state index contributed by atoms with van der Waals surface area (Å²) in [7, 11) is 9.42. The Hall–Kier alpha value is -2.56. The summed E-state index contributed by atoms with van der Waals surface area (Å²) in [5.74, 6) is 0. The highest BCUT2D eigenvalue weighted by Gasteiger charge is 2.25. The normalized spacial score (nSPS) is 19.6. The summed E-state index contributed by atoms with van der Waals surface area (Å²) in [6.07, 6.45) is 1.26. The van der Waals surface area contributed by atoms with E-state index in [1.165, 1.54) is 148 Å². The number of carboxylic acid groups (broad SMARTS) is 4. The summed E-state index contributed by atoms with van der Waals surface area (Å²) in [4.78, 5) is 32.9. The van der Waals surface area contributed by atoms with Crippen molar-refractivity contribution in [2.75, 3.05) is 107 Å². The van der Waals surface area contributed by atoms with Crippen molar-refractivity contribution < 1.29 is 75.1 Å². The van der Waals surface area contributed by atoms with Crippen molar-refractivity contribution in [2.24, 2.45) is 0 Å². The lowest BCUT2D eigenvalue weighted by Gasteiger charge is -2.26. The van der Waals surface area contributed by atoms with Crippen molar-refractivity contribution in [3.8, 4) is 0 Å². The van der Waals surface area contributed by atoms with Crippen LogP contribution in [-0.2, 0) is 0 Å². The Morgan fingerprint density at radius 2 is 0.458 bits per heavy atom. The van der Waals surface area contributed by atoms with Gasteiger partial charge in [0.1, 0.15) is 0 Å². The van der Waals surface area contributed by atoms with Gasteiger partial charge in [-0.1, -0.05) is 0 Å². The van der Waals surface area contributed by atoms with Crippen LogP contribution < -0.4 is 20.4 Å². The molecule has 0 aromatic heterocycles. The van der Waals surface area contributed by atoms with E-state index in [1.54, 1.807) is 0 Å². The van der Waals surface area contributed by atoms with Crippen molar-refractivity contribution in [2.45, 2.75) is 79.1 Å². The Morgan fingerprint density at radius 3 is 0.500 bits per heavy atom. The highest BCUT2D eigenvalue weighted by atomic mass is 19.2. The summed E-state index contributed by atoms with van der Waals surface area (Å²) >= 11 is 0. The molecular formula is C32H64F4N4O8. The molecule has 0 unspecified atom stereocenters. The average molecular weight is 709 g/mol. The molecule has 16 heteroatoms. The fourth-order valence-corrected chi connectivity index (χ4v) is 5.66. The van der Waals surface area contributed by atoms with Gasteiger partial charge in [0.2, 0.25) is 24.9 Å². The Morgan fingerprint density at radius 1 is 0.375 bits per heavy atom. The smallest absolute Gasteiger partial charge is 0.228 e. The first-order chi connectivity index (χ1) is 22.0. The van der Waals surface area contributed by atoms with Gasteiger partial charge in [-0.15, -0.1) is 0 Å². The van der Waals surface area contributed by atoms with E-state index in [0.29, 0.717) is 0 Å². The van der Waals surface area contributed by atoms with Gasteiger partial charge >= 0.3 is 0 Å². The molecule has 0 amide bonds. The van der Waals surface area contributed by atoms with Gasteiger partial charge in [0.15, 0.2) is 0 Å².